The number of hydrogen-bond acceptors (Lipinski definition) is 17. The number of likely N-dealkylation sites (N-methyl/N-ethyl adjacent to an activating group) is 2. The molecule has 8 aromatic heterocycles. The maximum Gasteiger partial charge on any atom is 1.00 e. The minimum absolute atomic E-state index is 0. The van der Waals surface area contributed by atoms with Crippen molar-refractivity contribution in [1.29, 1.82) is 10.5 Å². The van der Waals surface area contributed by atoms with Gasteiger partial charge in [0.15, 0.2) is 10.3 Å². The van der Waals surface area contributed by atoms with E-state index in [0.29, 0.717) is 73.6 Å². The summed E-state index contributed by atoms with van der Waals surface area (Å²) in [5.74, 6) is 0.836. The third-order valence-corrected chi connectivity index (χ3v) is 12.3. The first-order valence-corrected chi connectivity index (χ1v) is 24.5. The topological polar surface area (TPSA) is 275 Å². The fourth-order valence-electron chi connectivity index (χ4n) is 6.30. The number of anilines is 3. The predicted octanol–water partition coefficient (Wildman–Crippen LogP) is 6.02. The number of nitrogen functional groups attached to an aromatic ring is 1. The molecule has 21 nitrogen and oxygen atoms in total. The molecule has 0 saturated carbocycles. The summed E-state index contributed by atoms with van der Waals surface area (Å²) in [6.07, 6.45) is 12.7. The first-order chi connectivity index (χ1) is 33.8. The van der Waals surface area contributed by atoms with Gasteiger partial charge >= 0.3 is 29.6 Å². The normalized spacial score (nSPS) is 9.79. The summed E-state index contributed by atoms with van der Waals surface area (Å²) < 4.78 is 3.61. The van der Waals surface area contributed by atoms with E-state index >= 15 is 0 Å². The molecule has 3 amide bonds. The molecule has 0 atom stereocenters. The molecular formula is C46H60Cl3N18NaO3S2. The van der Waals surface area contributed by atoms with E-state index in [1.807, 2.05) is 82.8 Å². The first-order valence-electron chi connectivity index (χ1n) is 21.6. The molecule has 386 valence electrons. The number of nitrogens with one attached hydrogen (secondary N) is 2. The van der Waals surface area contributed by atoms with Crippen LogP contribution in [0.1, 0.15) is 67.6 Å². The Morgan fingerprint density at radius 1 is 0.671 bits per heavy atom. The van der Waals surface area contributed by atoms with E-state index in [4.69, 9.17) is 51.1 Å². The van der Waals surface area contributed by atoms with Gasteiger partial charge in [-0.1, -0.05) is 60.7 Å². The first kappa shape index (κ1) is 65.0. The Morgan fingerprint density at radius 2 is 1.14 bits per heavy atom. The van der Waals surface area contributed by atoms with Crippen molar-refractivity contribution in [1.82, 2.24) is 68.7 Å². The van der Waals surface area contributed by atoms with Crippen LogP contribution < -0.4 is 40.6 Å². The zero-order valence-electron chi connectivity index (χ0n) is 41.2. The summed E-state index contributed by atoms with van der Waals surface area (Å²) in [5, 5.41) is 24.6. The number of nitrogens with two attached hydrogens (primary N) is 1. The van der Waals surface area contributed by atoms with Gasteiger partial charge in [0.1, 0.15) is 92.9 Å². The second-order valence-corrected chi connectivity index (χ2v) is 17.0. The van der Waals surface area contributed by atoms with Crippen LogP contribution in [0.15, 0.2) is 68.2 Å². The van der Waals surface area contributed by atoms with Crippen molar-refractivity contribution in [3.05, 3.63) is 88.2 Å². The monoisotopic (exact) mass is 1100 g/mol. The van der Waals surface area contributed by atoms with Crippen molar-refractivity contribution in [2.45, 2.75) is 69.5 Å². The van der Waals surface area contributed by atoms with Gasteiger partial charge in [-0.25, -0.2) is 39.9 Å². The standard InChI is InChI=1S/C16H17N7OS.C12H15ClN4O.C6H4ClN3.C6H12ClNO.C4H3N3S.2CH4.Na.H/c1-3-22(4-2)13(24)9-23-6-5-12-14(19-10-20-15(12)23)21-16-18-8-11(7-17)25-16;1-3-16(4-2)10(18)7-17-6-5-9-11(13)14-8-15-12(9)17;7-5-4-1-2-8-6(4)10-3-9-5;1-3-8(4-2)6(9)5-7;5-1-3-2-7-4(6)8-3;;;;/h5-6,8,10H,3-4,9H2,1-2H3,(H,18,19,20,21);5-6,8H,3-4,7H2,1-2H3;1-3H,(H,8,9,10);3-5H2,1-2H3;2H,(H2,6,7);2*1H4;;/q;;;;;;;+1;-1. The third-order valence-electron chi connectivity index (χ3n) is 9.92. The number of aromatic nitrogens is 11. The van der Waals surface area contributed by atoms with Gasteiger partial charge < -0.3 is 41.3 Å². The number of carbonyl (C=O) groups excluding carboxylic acids is 3. The van der Waals surface area contributed by atoms with E-state index < -0.39 is 0 Å². The smallest absolute Gasteiger partial charge is 1.00 e. The Kier molecular flexibility index (Phi) is 30.0. The number of nitrogens with zero attached hydrogens (tertiary/aromatic N) is 15. The molecule has 27 heteroatoms. The van der Waals surface area contributed by atoms with Gasteiger partial charge in [0, 0.05) is 57.9 Å². The molecule has 0 bridgehead atoms. The Hall–Kier alpha value is -6.02. The van der Waals surface area contributed by atoms with Crippen LogP contribution >= 0.6 is 57.5 Å². The van der Waals surface area contributed by atoms with E-state index in [1.54, 1.807) is 25.5 Å². The molecule has 0 unspecified atom stereocenters. The number of hydrogen-bond donors (Lipinski definition) is 3. The summed E-state index contributed by atoms with van der Waals surface area (Å²) in [4.78, 5) is 76.6. The van der Waals surface area contributed by atoms with Crippen molar-refractivity contribution in [2.75, 3.05) is 56.2 Å². The minimum atomic E-state index is 0. The minimum Gasteiger partial charge on any atom is -1.00 e. The summed E-state index contributed by atoms with van der Waals surface area (Å²) in [7, 11) is 0. The second kappa shape index (κ2) is 33.7. The van der Waals surface area contributed by atoms with E-state index in [-0.39, 0.29) is 82.5 Å². The van der Waals surface area contributed by atoms with Crippen molar-refractivity contribution < 1.29 is 45.4 Å². The molecule has 0 radical (unpaired) electrons. The van der Waals surface area contributed by atoms with Crippen LogP contribution in [-0.4, -0.2) is 132 Å². The molecule has 0 fully saturated rings. The van der Waals surface area contributed by atoms with E-state index in [1.165, 1.54) is 54.0 Å². The van der Waals surface area contributed by atoms with Crippen molar-refractivity contribution in [2.24, 2.45) is 0 Å². The quantitative estimate of drug-likeness (QED) is 0.0677. The Bertz CT molecular complexity index is 3030. The van der Waals surface area contributed by atoms with Gasteiger partial charge in [-0.3, -0.25) is 14.4 Å². The molecule has 0 aliphatic carbocycles. The van der Waals surface area contributed by atoms with Crippen LogP contribution in [-0.2, 0) is 27.5 Å². The summed E-state index contributed by atoms with van der Waals surface area (Å²) in [6, 6.07) is 9.52. The summed E-state index contributed by atoms with van der Waals surface area (Å²) in [5.41, 5.74) is 7.35. The van der Waals surface area contributed by atoms with Crippen LogP contribution in [0, 0.1) is 22.7 Å². The Labute approximate surface area is 471 Å². The molecule has 8 rings (SSSR count). The second-order valence-electron chi connectivity index (χ2n) is 13.9. The molecular weight excluding hydrogens is 1050 g/mol. The van der Waals surface area contributed by atoms with Crippen LogP contribution in [0.3, 0.4) is 0 Å². The van der Waals surface area contributed by atoms with Crippen molar-refractivity contribution >= 4 is 124 Å². The fraction of sp³-hybridized carbons (Fsp3) is 0.370. The molecule has 0 aliphatic heterocycles. The number of carbonyl (C=O) groups is 3. The Morgan fingerprint density at radius 3 is 1.59 bits per heavy atom. The maximum atomic E-state index is 12.3. The number of halogens is 3. The number of aromatic amines is 1. The number of fused-ring (bicyclic) bond motifs is 3. The number of rotatable bonds is 13. The van der Waals surface area contributed by atoms with E-state index in [9.17, 15) is 14.4 Å². The van der Waals surface area contributed by atoms with E-state index in [2.05, 4.69) is 56.2 Å². The molecule has 0 aromatic carbocycles. The van der Waals surface area contributed by atoms with Gasteiger partial charge in [-0.05, 0) is 59.7 Å². The number of H-pyrrole nitrogens is 1. The molecule has 0 spiro atoms. The third kappa shape index (κ3) is 18.8. The van der Waals surface area contributed by atoms with Crippen LogP contribution in [0.2, 0.25) is 10.3 Å². The van der Waals surface area contributed by atoms with Crippen molar-refractivity contribution in [3.63, 3.8) is 0 Å². The molecule has 8 heterocycles. The SMILES string of the molecule is C.C.CCN(CC)C(=O)CCl.CCN(CC)C(=O)Cn1ccc2c(Cl)ncnc21.CCN(CC)C(=O)Cn1ccc2c(Nc3ncc(C#N)s3)ncnc21.Clc1ncnc2[nH]ccc12.N#Cc1cnc(N)s1.[H-].[Na+]. The zero-order valence-corrected chi connectivity index (χ0v) is 46.1. The molecule has 73 heavy (non-hydrogen) atoms. The van der Waals surface area contributed by atoms with Crippen LogP contribution in [0.4, 0.5) is 16.1 Å². The van der Waals surface area contributed by atoms with Crippen LogP contribution in [0.5, 0.6) is 0 Å². The average Bonchev–Trinajstić information content (AvgIpc) is 4.24. The van der Waals surface area contributed by atoms with Gasteiger partial charge in [0.05, 0.1) is 28.6 Å². The largest absolute Gasteiger partial charge is 1.00 e. The predicted molar refractivity (Wildman–Crippen MR) is 289 cm³/mol. The molecule has 4 N–H and O–H groups in total. The van der Waals surface area contributed by atoms with E-state index in [0.717, 1.165) is 34.9 Å². The van der Waals surface area contributed by atoms with Crippen molar-refractivity contribution in [3.8, 4) is 12.1 Å². The molecule has 0 saturated heterocycles. The van der Waals surface area contributed by atoms with Gasteiger partial charge in [-0.2, -0.15) is 10.5 Å². The van der Waals surface area contributed by atoms with Gasteiger partial charge in [0.2, 0.25) is 17.7 Å². The number of thiazole rings is 2. The average molecular weight is 1110 g/mol. The maximum absolute atomic E-state index is 12.3. The zero-order chi connectivity index (χ0) is 51.2. The van der Waals surface area contributed by atoms with Gasteiger partial charge in [0.25, 0.3) is 0 Å². The number of nitriles is 2. The number of alkyl halides is 1. The summed E-state index contributed by atoms with van der Waals surface area (Å²) in [6.45, 7) is 16.5. The van der Waals surface area contributed by atoms with Gasteiger partial charge in [-0.15, -0.1) is 11.6 Å². The summed E-state index contributed by atoms with van der Waals surface area (Å²) >= 11 is 19.5. The molecule has 0 aliphatic rings. The number of amides is 3. The fourth-order valence-corrected chi connectivity index (χ4v) is 7.95. The van der Waals surface area contributed by atoms with Crippen LogP contribution in [0.25, 0.3) is 33.1 Å². The Balaban J connectivity index is 0.000000954. The molecule has 8 aromatic rings.